The molecule has 0 aromatic heterocycles. The molecule has 12 heavy (non-hydrogen) atoms. The van der Waals surface area contributed by atoms with E-state index in [0.717, 1.165) is 6.42 Å². The van der Waals surface area contributed by atoms with Crippen LogP contribution >= 0.6 is 0 Å². The van der Waals surface area contributed by atoms with Crippen LogP contribution in [0.25, 0.3) is 0 Å². The minimum absolute atomic E-state index is 0.165. The summed E-state index contributed by atoms with van der Waals surface area (Å²) >= 11 is 0. The fraction of sp³-hybridized carbons (Fsp3) is 1.00. The van der Waals surface area contributed by atoms with E-state index in [-0.39, 0.29) is 5.41 Å². The van der Waals surface area contributed by atoms with E-state index in [4.69, 9.17) is 0 Å². The number of hydrogen-bond donors (Lipinski definition) is 1. The van der Waals surface area contributed by atoms with Crippen molar-refractivity contribution in [3.63, 3.8) is 0 Å². The third kappa shape index (κ3) is 2.78. The van der Waals surface area contributed by atoms with Crippen LogP contribution in [0, 0.1) is 11.3 Å². The van der Waals surface area contributed by atoms with Crippen LogP contribution in [0.4, 0.5) is 0 Å². The molecule has 0 amide bonds. The van der Waals surface area contributed by atoms with Gasteiger partial charge in [0.1, 0.15) is 0 Å². The molecule has 1 N–H and O–H groups in total. The lowest BCUT2D eigenvalue weighted by Gasteiger charge is -2.35. The smallest absolute Gasteiger partial charge is 0.0487 e. The van der Waals surface area contributed by atoms with Crippen molar-refractivity contribution in [1.29, 1.82) is 0 Å². The highest BCUT2D eigenvalue weighted by Gasteiger charge is 2.29. The Morgan fingerprint density at radius 1 is 1.17 bits per heavy atom. The van der Waals surface area contributed by atoms with Crippen LogP contribution in [0.2, 0.25) is 0 Å². The van der Waals surface area contributed by atoms with Gasteiger partial charge >= 0.3 is 0 Å². The molecule has 74 valence electrons. The Hall–Kier alpha value is -0.0400. The molecule has 0 radical (unpaired) electrons. The molecule has 1 nitrogen and oxygen atoms in total. The predicted octanol–water partition coefficient (Wildman–Crippen LogP) is 3.22. The third-order valence-electron chi connectivity index (χ3n) is 3.15. The third-order valence-corrected chi connectivity index (χ3v) is 3.15. The molecular weight excluding hydrogens is 148 g/mol. The Balaban J connectivity index is 4.24. The minimum Gasteiger partial charge on any atom is -0.396 e. The van der Waals surface area contributed by atoms with Crippen LogP contribution in [-0.2, 0) is 0 Å². The van der Waals surface area contributed by atoms with Crippen LogP contribution in [0.1, 0.15) is 53.4 Å². The van der Waals surface area contributed by atoms with Gasteiger partial charge in [-0.2, -0.15) is 0 Å². The number of hydrogen-bond acceptors (Lipinski definition) is 1. The van der Waals surface area contributed by atoms with Gasteiger partial charge < -0.3 is 5.11 Å². The maximum Gasteiger partial charge on any atom is 0.0487 e. The maximum absolute atomic E-state index is 9.35. The Bertz CT molecular complexity index is 108. The van der Waals surface area contributed by atoms with E-state index in [0.29, 0.717) is 12.5 Å². The lowest BCUT2D eigenvalue weighted by atomic mass is 9.72. The molecule has 0 bridgehead atoms. The highest BCUT2D eigenvalue weighted by Crippen LogP contribution is 2.36. The molecule has 0 saturated carbocycles. The summed E-state index contributed by atoms with van der Waals surface area (Å²) < 4.78 is 0. The van der Waals surface area contributed by atoms with Gasteiger partial charge in [-0.25, -0.2) is 0 Å². The molecule has 1 heteroatoms. The molecule has 0 aromatic rings. The fourth-order valence-electron chi connectivity index (χ4n) is 2.26. The van der Waals surface area contributed by atoms with Crippen molar-refractivity contribution in [3.05, 3.63) is 0 Å². The molecule has 0 saturated heterocycles. The van der Waals surface area contributed by atoms with Gasteiger partial charge in [-0.05, 0) is 17.8 Å². The van der Waals surface area contributed by atoms with Gasteiger partial charge in [-0.15, -0.1) is 0 Å². The average Bonchev–Trinajstić information content (AvgIpc) is 2.07. The predicted molar refractivity (Wildman–Crippen MR) is 54.2 cm³/mol. The van der Waals surface area contributed by atoms with Crippen LogP contribution in [0.3, 0.4) is 0 Å². The maximum atomic E-state index is 9.35. The minimum atomic E-state index is 0.165. The number of aliphatic hydroxyl groups excluding tert-OH is 1. The molecule has 1 unspecified atom stereocenters. The zero-order valence-electron chi connectivity index (χ0n) is 9.06. The Morgan fingerprint density at radius 3 is 1.92 bits per heavy atom. The lowest BCUT2D eigenvalue weighted by Crippen LogP contribution is -2.30. The van der Waals surface area contributed by atoms with E-state index in [1.54, 1.807) is 0 Å². The molecule has 0 aromatic carbocycles. The zero-order valence-corrected chi connectivity index (χ0v) is 9.06. The van der Waals surface area contributed by atoms with Gasteiger partial charge in [0.05, 0.1) is 0 Å². The average molecular weight is 172 g/mol. The summed E-state index contributed by atoms with van der Waals surface area (Å²) in [5.74, 6) is 0.683. The SMILES string of the molecule is CCCC(C)(CO)C(CC)CC. The van der Waals surface area contributed by atoms with Gasteiger partial charge in [0.15, 0.2) is 0 Å². The van der Waals surface area contributed by atoms with E-state index in [1.165, 1.54) is 19.3 Å². The van der Waals surface area contributed by atoms with E-state index in [2.05, 4.69) is 27.7 Å². The first kappa shape index (κ1) is 12.0. The molecule has 0 rings (SSSR count). The van der Waals surface area contributed by atoms with Crippen LogP contribution in [-0.4, -0.2) is 11.7 Å². The Morgan fingerprint density at radius 2 is 1.67 bits per heavy atom. The second kappa shape index (κ2) is 5.58. The highest BCUT2D eigenvalue weighted by atomic mass is 16.3. The van der Waals surface area contributed by atoms with Crippen LogP contribution in [0.5, 0.6) is 0 Å². The normalized spacial score (nSPS) is 16.5. The summed E-state index contributed by atoms with van der Waals surface area (Å²) in [7, 11) is 0. The molecule has 0 fully saturated rings. The first-order valence-electron chi connectivity index (χ1n) is 5.25. The second-order valence-electron chi connectivity index (χ2n) is 4.08. The molecule has 0 aliphatic rings. The monoisotopic (exact) mass is 172 g/mol. The summed E-state index contributed by atoms with van der Waals surface area (Å²) in [6.45, 7) is 9.19. The van der Waals surface area contributed by atoms with Gasteiger partial charge in [0.25, 0.3) is 0 Å². The van der Waals surface area contributed by atoms with Crippen molar-refractivity contribution >= 4 is 0 Å². The molecule has 0 spiro atoms. The van der Waals surface area contributed by atoms with Gasteiger partial charge in [0.2, 0.25) is 0 Å². The Labute approximate surface area is 77.2 Å². The zero-order chi connectivity index (χ0) is 9.61. The fourth-order valence-corrected chi connectivity index (χ4v) is 2.26. The summed E-state index contributed by atoms with van der Waals surface area (Å²) in [5, 5.41) is 9.35. The standard InChI is InChI=1S/C11H24O/c1-5-8-11(4,9-12)10(6-2)7-3/h10,12H,5-9H2,1-4H3. The van der Waals surface area contributed by atoms with Gasteiger partial charge in [-0.1, -0.05) is 47.0 Å². The first-order chi connectivity index (χ1) is 5.64. The topological polar surface area (TPSA) is 20.2 Å². The quantitative estimate of drug-likeness (QED) is 0.652. The molecular formula is C11H24O. The van der Waals surface area contributed by atoms with Crippen molar-refractivity contribution in [2.75, 3.05) is 6.61 Å². The number of aliphatic hydroxyl groups is 1. The van der Waals surface area contributed by atoms with Crippen molar-refractivity contribution in [3.8, 4) is 0 Å². The van der Waals surface area contributed by atoms with E-state index in [9.17, 15) is 5.11 Å². The van der Waals surface area contributed by atoms with Crippen LogP contribution < -0.4 is 0 Å². The largest absolute Gasteiger partial charge is 0.396 e. The van der Waals surface area contributed by atoms with Gasteiger partial charge in [0, 0.05) is 6.61 Å². The van der Waals surface area contributed by atoms with E-state index in [1.807, 2.05) is 0 Å². The van der Waals surface area contributed by atoms with Gasteiger partial charge in [-0.3, -0.25) is 0 Å². The Kier molecular flexibility index (Phi) is 5.56. The summed E-state index contributed by atoms with van der Waals surface area (Å²) in [4.78, 5) is 0. The number of rotatable bonds is 6. The summed E-state index contributed by atoms with van der Waals surface area (Å²) in [6, 6.07) is 0. The van der Waals surface area contributed by atoms with E-state index >= 15 is 0 Å². The van der Waals surface area contributed by atoms with E-state index < -0.39 is 0 Å². The lowest BCUT2D eigenvalue weighted by molar-refractivity contribution is 0.0634. The summed E-state index contributed by atoms with van der Waals surface area (Å²) in [6.07, 6.45) is 4.70. The summed E-state index contributed by atoms with van der Waals surface area (Å²) in [5.41, 5.74) is 0.165. The molecule has 0 aliphatic carbocycles. The molecule has 0 heterocycles. The van der Waals surface area contributed by atoms with Crippen LogP contribution in [0.15, 0.2) is 0 Å². The highest BCUT2D eigenvalue weighted by molar-refractivity contribution is 4.79. The molecule has 0 aliphatic heterocycles. The van der Waals surface area contributed by atoms with Crippen molar-refractivity contribution in [2.45, 2.75) is 53.4 Å². The second-order valence-corrected chi connectivity index (χ2v) is 4.08. The molecule has 1 atom stereocenters. The first-order valence-corrected chi connectivity index (χ1v) is 5.25. The van der Waals surface area contributed by atoms with Crippen molar-refractivity contribution in [1.82, 2.24) is 0 Å². The van der Waals surface area contributed by atoms with Crippen molar-refractivity contribution in [2.24, 2.45) is 11.3 Å². The van der Waals surface area contributed by atoms with Crippen molar-refractivity contribution < 1.29 is 5.11 Å².